The molecule has 2 nitrogen and oxygen atoms in total. The van der Waals surface area contributed by atoms with Gasteiger partial charge < -0.3 is 9.84 Å². The number of hydrogen-bond donors (Lipinski definition) is 1. The summed E-state index contributed by atoms with van der Waals surface area (Å²) in [5, 5.41) is 10.7. The maximum absolute atomic E-state index is 10.7. The number of ether oxygens (including phenoxy) is 1. The molecule has 1 fully saturated rings. The van der Waals surface area contributed by atoms with Gasteiger partial charge in [-0.2, -0.15) is 0 Å². The van der Waals surface area contributed by atoms with Gasteiger partial charge in [0, 0.05) is 5.56 Å². The van der Waals surface area contributed by atoms with Crippen molar-refractivity contribution in [2.75, 3.05) is 6.61 Å². The van der Waals surface area contributed by atoms with Gasteiger partial charge in [0.2, 0.25) is 0 Å². The number of benzene rings is 2. The van der Waals surface area contributed by atoms with E-state index in [0.717, 1.165) is 24.2 Å². The lowest BCUT2D eigenvalue weighted by Gasteiger charge is -2.16. The summed E-state index contributed by atoms with van der Waals surface area (Å²) >= 11 is 0. The van der Waals surface area contributed by atoms with Gasteiger partial charge in [0.1, 0.15) is 5.75 Å². The molecule has 110 valence electrons. The third-order valence-electron chi connectivity index (χ3n) is 4.17. The summed E-state index contributed by atoms with van der Waals surface area (Å²) in [6.45, 7) is 2.78. The first-order valence-corrected chi connectivity index (χ1v) is 7.76. The van der Waals surface area contributed by atoms with Crippen molar-refractivity contribution >= 4 is 0 Å². The molecule has 1 aliphatic carbocycles. The normalized spacial score (nSPS) is 21.8. The standard InChI is InChI=1S/C19H22O2/c1-2-12-21-18-11-7-6-10-15(18)19(20)17-13-16(17)14-8-4-3-5-9-14/h3-11,16-17,19-20H,2,12-13H2,1H3. The molecule has 21 heavy (non-hydrogen) atoms. The van der Waals surface area contributed by atoms with Crippen molar-refractivity contribution in [3.05, 3.63) is 65.7 Å². The minimum Gasteiger partial charge on any atom is -0.493 e. The molecule has 1 aliphatic rings. The number of rotatable bonds is 6. The molecule has 0 aromatic heterocycles. The molecular formula is C19H22O2. The van der Waals surface area contributed by atoms with E-state index in [0.29, 0.717) is 18.4 Å². The molecule has 0 spiro atoms. The summed E-state index contributed by atoms with van der Waals surface area (Å²) in [5.41, 5.74) is 2.25. The summed E-state index contributed by atoms with van der Waals surface area (Å²) < 4.78 is 5.77. The molecule has 3 rings (SSSR count). The Bertz CT molecular complexity index is 579. The van der Waals surface area contributed by atoms with Crippen LogP contribution in [0.25, 0.3) is 0 Å². The summed E-state index contributed by atoms with van der Waals surface area (Å²) in [6, 6.07) is 18.3. The summed E-state index contributed by atoms with van der Waals surface area (Å²) in [4.78, 5) is 0. The van der Waals surface area contributed by atoms with Crippen LogP contribution in [0.2, 0.25) is 0 Å². The molecule has 0 radical (unpaired) electrons. The van der Waals surface area contributed by atoms with Crippen molar-refractivity contribution < 1.29 is 9.84 Å². The third-order valence-corrected chi connectivity index (χ3v) is 4.17. The van der Waals surface area contributed by atoms with E-state index in [1.54, 1.807) is 0 Å². The quantitative estimate of drug-likeness (QED) is 0.855. The van der Waals surface area contributed by atoms with Crippen LogP contribution >= 0.6 is 0 Å². The highest BCUT2D eigenvalue weighted by Gasteiger charge is 2.44. The van der Waals surface area contributed by atoms with Crippen LogP contribution in [0.3, 0.4) is 0 Å². The Morgan fingerprint density at radius 1 is 1.10 bits per heavy atom. The van der Waals surface area contributed by atoms with Crippen LogP contribution in [0.4, 0.5) is 0 Å². The molecule has 3 unspecified atom stereocenters. The molecule has 2 aromatic rings. The summed E-state index contributed by atoms with van der Waals surface area (Å²) in [5.74, 6) is 1.60. The van der Waals surface area contributed by atoms with Crippen LogP contribution < -0.4 is 4.74 Å². The lowest BCUT2D eigenvalue weighted by molar-refractivity contribution is 0.145. The third kappa shape index (κ3) is 3.11. The van der Waals surface area contributed by atoms with E-state index in [2.05, 4.69) is 31.2 Å². The second kappa shape index (κ2) is 6.31. The van der Waals surface area contributed by atoms with Crippen molar-refractivity contribution in [1.82, 2.24) is 0 Å². The number of aliphatic hydroxyl groups excluding tert-OH is 1. The topological polar surface area (TPSA) is 29.5 Å². The van der Waals surface area contributed by atoms with Crippen molar-refractivity contribution in [2.24, 2.45) is 5.92 Å². The zero-order valence-electron chi connectivity index (χ0n) is 12.4. The van der Waals surface area contributed by atoms with Crippen LogP contribution in [0.1, 0.15) is 42.9 Å². The van der Waals surface area contributed by atoms with E-state index < -0.39 is 6.10 Å². The molecule has 3 atom stereocenters. The van der Waals surface area contributed by atoms with Crippen LogP contribution in [0, 0.1) is 5.92 Å². The predicted octanol–water partition coefficient (Wildman–Crippen LogP) is 4.31. The second-order valence-corrected chi connectivity index (χ2v) is 5.75. The van der Waals surface area contributed by atoms with E-state index in [1.807, 2.05) is 30.3 Å². The molecule has 1 N–H and O–H groups in total. The first kappa shape index (κ1) is 14.2. The van der Waals surface area contributed by atoms with Gasteiger partial charge in [-0.15, -0.1) is 0 Å². The van der Waals surface area contributed by atoms with Crippen LogP contribution in [-0.4, -0.2) is 11.7 Å². The van der Waals surface area contributed by atoms with Gasteiger partial charge >= 0.3 is 0 Å². The summed E-state index contributed by atoms with van der Waals surface area (Å²) in [7, 11) is 0. The maximum atomic E-state index is 10.7. The monoisotopic (exact) mass is 282 g/mol. The zero-order chi connectivity index (χ0) is 14.7. The molecule has 0 bridgehead atoms. The molecule has 0 saturated heterocycles. The largest absolute Gasteiger partial charge is 0.493 e. The fourth-order valence-electron chi connectivity index (χ4n) is 2.95. The lowest BCUT2D eigenvalue weighted by Crippen LogP contribution is -2.06. The Morgan fingerprint density at radius 2 is 1.81 bits per heavy atom. The fraction of sp³-hybridized carbons (Fsp3) is 0.368. The van der Waals surface area contributed by atoms with Crippen molar-refractivity contribution in [1.29, 1.82) is 0 Å². The van der Waals surface area contributed by atoms with Crippen LogP contribution in [-0.2, 0) is 0 Å². The highest BCUT2D eigenvalue weighted by Crippen LogP contribution is 2.54. The molecule has 2 aromatic carbocycles. The van der Waals surface area contributed by atoms with Crippen LogP contribution in [0.5, 0.6) is 5.75 Å². The van der Waals surface area contributed by atoms with Crippen LogP contribution in [0.15, 0.2) is 54.6 Å². The average Bonchev–Trinajstić information content (AvgIpc) is 3.34. The van der Waals surface area contributed by atoms with Gasteiger partial charge in [-0.25, -0.2) is 0 Å². The Labute approximate surface area is 126 Å². The number of aliphatic hydroxyl groups is 1. The van der Waals surface area contributed by atoms with E-state index >= 15 is 0 Å². The Kier molecular flexibility index (Phi) is 4.26. The minimum atomic E-state index is -0.441. The Balaban J connectivity index is 1.73. The molecule has 1 saturated carbocycles. The van der Waals surface area contributed by atoms with Crippen molar-refractivity contribution in [3.63, 3.8) is 0 Å². The van der Waals surface area contributed by atoms with Gasteiger partial charge in [-0.1, -0.05) is 55.5 Å². The van der Waals surface area contributed by atoms with Gasteiger partial charge in [-0.3, -0.25) is 0 Å². The predicted molar refractivity (Wildman–Crippen MR) is 84.5 cm³/mol. The maximum Gasteiger partial charge on any atom is 0.125 e. The first-order valence-electron chi connectivity index (χ1n) is 7.76. The molecule has 0 aliphatic heterocycles. The Morgan fingerprint density at radius 3 is 2.57 bits per heavy atom. The summed E-state index contributed by atoms with van der Waals surface area (Å²) in [6.07, 6.45) is 1.58. The minimum absolute atomic E-state index is 0.304. The number of para-hydroxylation sites is 1. The second-order valence-electron chi connectivity index (χ2n) is 5.75. The highest BCUT2D eigenvalue weighted by molar-refractivity contribution is 5.38. The number of hydrogen-bond acceptors (Lipinski definition) is 2. The zero-order valence-corrected chi connectivity index (χ0v) is 12.4. The molecule has 2 heteroatoms. The van der Waals surface area contributed by atoms with E-state index in [4.69, 9.17) is 4.74 Å². The van der Waals surface area contributed by atoms with Gasteiger partial charge in [-0.05, 0) is 36.3 Å². The SMILES string of the molecule is CCCOc1ccccc1C(O)C1CC1c1ccccc1. The van der Waals surface area contributed by atoms with E-state index in [1.165, 1.54) is 5.56 Å². The van der Waals surface area contributed by atoms with Gasteiger partial charge in [0.15, 0.2) is 0 Å². The fourth-order valence-corrected chi connectivity index (χ4v) is 2.95. The van der Waals surface area contributed by atoms with E-state index in [-0.39, 0.29) is 0 Å². The van der Waals surface area contributed by atoms with Gasteiger partial charge in [0.05, 0.1) is 12.7 Å². The molecular weight excluding hydrogens is 260 g/mol. The van der Waals surface area contributed by atoms with E-state index in [9.17, 15) is 5.11 Å². The first-order chi connectivity index (χ1) is 10.3. The lowest BCUT2D eigenvalue weighted by atomic mass is 10.0. The average molecular weight is 282 g/mol. The molecule has 0 heterocycles. The van der Waals surface area contributed by atoms with Crippen molar-refractivity contribution in [2.45, 2.75) is 31.8 Å². The van der Waals surface area contributed by atoms with Crippen molar-refractivity contribution in [3.8, 4) is 5.75 Å². The highest BCUT2D eigenvalue weighted by atomic mass is 16.5. The Hall–Kier alpha value is -1.80. The smallest absolute Gasteiger partial charge is 0.125 e. The van der Waals surface area contributed by atoms with Gasteiger partial charge in [0.25, 0.3) is 0 Å². The molecule has 0 amide bonds.